The molecule has 2 aromatic heterocycles. The third-order valence-corrected chi connectivity index (χ3v) is 2.59. The average molecular weight is 226 g/mol. The molecule has 3 rings (SSSR count). The molecular formula is C12H10N4O. The van der Waals surface area contributed by atoms with Crippen molar-refractivity contribution in [1.29, 1.82) is 0 Å². The largest absolute Gasteiger partial charge is 0.310 e. The van der Waals surface area contributed by atoms with Crippen LogP contribution in [0.3, 0.4) is 0 Å². The van der Waals surface area contributed by atoms with Crippen LogP contribution in [0.15, 0.2) is 41.5 Å². The molecule has 1 aromatic carbocycles. The molecule has 0 spiro atoms. The quantitative estimate of drug-likeness (QED) is 0.690. The van der Waals surface area contributed by atoms with E-state index in [1.165, 1.54) is 0 Å². The zero-order valence-corrected chi connectivity index (χ0v) is 8.97. The standard InChI is InChI=1S/C12H10N4O/c17-12-9-3-1-2-4-10(9)15-11(16-12)5-8-6-13-14-7-8/h1-4,6-7H,5H2,(H,13,14)(H,15,16,17). The van der Waals surface area contributed by atoms with E-state index in [-0.39, 0.29) is 5.56 Å². The summed E-state index contributed by atoms with van der Waals surface area (Å²) in [6.07, 6.45) is 4.07. The van der Waals surface area contributed by atoms with Gasteiger partial charge in [0, 0.05) is 12.6 Å². The Morgan fingerprint density at radius 2 is 2.12 bits per heavy atom. The minimum absolute atomic E-state index is 0.103. The molecule has 0 unspecified atom stereocenters. The lowest BCUT2D eigenvalue weighted by Gasteiger charge is -2.00. The Bertz CT molecular complexity index is 700. The van der Waals surface area contributed by atoms with Gasteiger partial charge in [-0.3, -0.25) is 9.89 Å². The fourth-order valence-electron chi connectivity index (χ4n) is 1.79. The molecule has 0 atom stereocenters. The number of rotatable bonds is 2. The first kappa shape index (κ1) is 9.77. The lowest BCUT2D eigenvalue weighted by Crippen LogP contribution is -2.11. The summed E-state index contributed by atoms with van der Waals surface area (Å²) in [5, 5.41) is 7.20. The fourth-order valence-corrected chi connectivity index (χ4v) is 1.79. The summed E-state index contributed by atoms with van der Waals surface area (Å²) in [5.41, 5.74) is 1.60. The lowest BCUT2D eigenvalue weighted by atomic mass is 10.2. The van der Waals surface area contributed by atoms with E-state index >= 15 is 0 Å². The van der Waals surface area contributed by atoms with E-state index in [0.717, 1.165) is 11.1 Å². The van der Waals surface area contributed by atoms with Crippen LogP contribution in [0.4, 0.5) is 0 Å². The van der Waals surface area contributed by atoms with Crippen LogP contribution in [-0.2, 0) is 6.42 Å². The number of hydrogen-bond acceptors (Lipinski definition) is 3. The van der Waals surface area contributed by atoms with Crippen molar-refractivity contribution in [3.05, 3.63) is 58.4 Å². The Balaban J connectivity index is 2.10. The molecule has 17 heavy (non-hydrogen) atoms. The van der Waals surface area contributed by atoms with Crippen molar-refractivity contribution < 1.29 is 0 Å². The van der Waals surface area contributed by atoms with Gasteiger partial charge in [0.15, 0.2) is 0 Å². The SMILES string of the molecule is O=c1[nH]c(Cc2cn[nH]c2)nc2ccccc12. The summed E-state index contributed by atoms with van der Waals surface area (Å²) < 4.78 is 0. The van der Waals surface area contributed by atoms with Crippen LogP contribution in [0.2, 0.25) is 0 Å². The predicted octanol–water partition coefficient (Wildman–Crippen LogP) is 1.24. The third kappa shape index (κ3) is 1.82. The molecule has 2 heterocycles. The Morgan fingerprint density at radius 1 is 1.24 bits per heavy atom. The maximum absolute atomic E-state index is 11.8. The molecule has 0 fully saturated rings. The Labute approximate surface area is 96.5 Å². The van der Waals surface area contributed by atoms with E-state index < -0.39 is 0 Å². The minimum atomic E-state index is -0.103. The highest BCUT2D eigenvalue weighted by Crippen LogP contribution is 2.08. The zero-order valence-electron chi connectivity index (χ0n) is 8.97. The van der Waals surface area contributed by atoms with Crippen molar-refractivity contribution in [2.75, 3.05) is 0 Å². The summed E-state index contributed by atoms with van der Waals surface area (Å²) >= 11 is 0. The first-order valence-electron chi connectivity index (χ1n) is 5.28. The predicted molar refractivity (Wildman–Crippen MR) is 63.8 cm³/mol. The first-order chi connectivity index (χ1) is 8.33. The van der Waals surface area contributed by atoms with E-state index in [1.54, 1.807) is 18.5 Å². The molecule has 0 aliphatic carbocycles. The number of para-hydroxylation sites is 1. The summed E-state index contributed by atoms with van der Waals surface area (Å²) in [5.74, 6) is 0.648. The van der Waals surface area contributed by atoms with Crippen LogP contribution < -0.4 is 5.56 Å². The Hall–Kier alpha value is -2.43. The van der Waals surface area contributed by atoms with Gasteiger partial charge in [0.2, 0.25) is 0 Å². The highest BCUT2D eigenvalue weighted by molar-refractivity contribution is 5.77. The molecule has 0 saturated carbocycles. The third-order valence-electron chi connectivity index (χ3n) is 2.59. The molecule has 0 aliphatic rings. The van der Waals surface area contributed by atoms with Crippen molar-refractivity contribution in [3.8, 4) is 0 Å². The van der Waals surface area contributed by atoms with Gasteiger partial charge in [0.1, 0.15) is 5.82 Å². The maximum Gasteiger partial charge on any atom is 0.258 e. The molecule has 0 amide bonds. The van der Waals surface area contributed by atoms with E-state index in [9.17, 15) is 4.79 Å². The van der Waals surface area contributed by atoms with Crippen molar-refractivity contribution in [3.63, 3.8) is 0 Å². The summed E-state index contributed by atoms with van der Waals surface area (Å²) in [6, 6.07) is 7.30. The number of nitrogens with one attached hydrogen (secondary N) is 2. The summed E-state index contributed by atoms with van der Waals surface area (Å²) in [4.78, 5) is 19.0. The zero-order chi connectivity index (χ0) is 11.7. The second-order valence-corrected chi connectivity index (χ2v) is 3.81. The van der Waals surface area contributed by atoms with Crippen LogP contribution in [0.5, 0.6) is 0 Å². The van der Waals surface area contributed by atoms with Crippen LogP contribution in [0.25, 0.3) is 10.9 Å². The highest BCUT2D eigenvalue weighted by Gasteiger charge is 2.04. The Morgan fingerprint density at radius 3 is 2.94 bits per heavy atom. The normalized spacial score (nSPS) is 10.8. The van der Waals surface area contributed by atoms with E-state index in [2.05, 4.69) is 20.2 Å². The van der Waals surface area contributed by atoms with Crippen LogP contribution in [-0.4, -0.2) is 20.2 Å². The van der Waals surface area contributed by atoms with Gasteiger partial charge < -0.3 is 4.98 Å². The second-order valence-electron chi connectivity index (χ2n) is 3.81. The van der Waals surface area contributed by atoms with E-state index in [1.807, 2.05) is 18.2 Å². The number of benzene rings is 1. The highest BCUT2D eigenvalue weighted by atomic mass is 16.1. The molecule has 0 bridgehead atoms. The van der Waals surface area contributed by atoms with E-state index in [4.69, 9.17) is 0 Å². The Kier molecular flexibility index (Phi) is 2.22. The van der Waals surface area contributed by atoms with Crippen LogP contribution >= 0.6 is 0 Å². The van der Waals surface area contributed by atoms with Gasteiger partial charge in [-0.2, -0.15) is 5.10 Å². The molecule has 84 valence electrons. The first-order valence-corrected chi connectivity index (χ1v) is 5.28. The fraction of sp³-hybridized carbons (Fsp3) is 0.0833. The molecule has 0 radical (unpaired) electrons. The second kappa shape index (κ2) is 3.86. The van der Waals surface area contributed by atoms with Gasteiger partial charge in [-0.05, 0) is 17.7 Å². The number of aromatic nitrogens is 4. The topological polar surface area (TPSA) is 74.4 Å². The van der Waals surface area contributed by atoms with Gasteiger partial charge in [-0.15, -0.1) is 0 Å². The molecule has 2 N–H and O–H groups in total. The number of hydrogen-bond donors (Lipinski definition) is 2. The molecule has 3 aromatic rings. The molecule has 5 heteroatoms. The number of aromatic amines is 2. The number of H-pyrrole nitrogens is 2. The van der Waals surface area contributed by atoms with Crippen LogP contribution in [0, 0.1) is 0 Å². The van der Waals surface area contributed by atoms with Crippen molar-refractivity contribution in [2.24, 2.45) is 0 Å². The molecule has 0 saturated heterocycles. The number of nitrogens with zero attached hydrogens (tertiary/aromatic N) is 2. The monoisotopic (exact) mass is 226 g/mol. The van der Waals surface area contributed by atoms with Gasteiger partial charge in [0.05, 0.1) is 17.1 Å². The van der Waals surface area contributed by atoms with Gasteiger partial charge in [0.25, 0.3) is 5.56 Å². The lowest BCUT2D eigenvalue weighted by molar-refractivity contribution is 0.974. The van der Waals surface area contributed by atoms with Crippen molar-refractivity contribution >= 4 is 10.9 Å². The number of fused-ring (bicyclic) bond motifs is 1. The average Bonchev–Trinajstić information content (AvgIpc) is 2.82. The van der Waals surface area contributed by atoms with Gasteiger partial charge in [-0.1, -0.05) is 12.1 Å². The summed E-state index contributed by atoms with van der Waals surface area (Å²) in [7, 11) is 0. The van der Waals surface area contributed by atoms with Crippen LogP contribution in [0.1, 0.15) is 11.4 Å². The van der Waals surface area contributed by atoms with Crippen molar-refractivity contribution in [1.82, 2.24) is 20.2 Å². The molecule has 0 aliphatic heterocycles. The van der Waals surface area contributed by atoms with Crippen molar-refractivity contribution in [2.45, 2.75) is 6.42 Å². The van der Waals surface area contributed by atoms with Gasteiger partial charge in [-0.25, -0.2) is 4.98 Å². The molecule has 5 nitrogen and oxygen atoms in total. The minimum Gasteiger partial charge on any atom is -0.310 e. The van der Waals surface area contributed by atoms with Gasteiger partial charge >= 0.3 is 0 Å². The van der Waals surface area contributed by atoms with E-state index in [0.29, 0.717) is 17.6 Å². The summed E-state index contributed by atoms with van der Waals surface area (Å²) in [6.45, 7) is 0. The maximum atomic E-state index is 11.8. The smallest absolute Gasteiger partial charge is 0.258 e. The molecular weight excluding hydrogens is 216 g/mol.